The summed E-state index contributed by atoms with van der Waals surface area (Å²) in [5.74, 6) is -0.979. The van der Waals surface area contributed by atoms with Crippen molar-refractivity contribution in [2.75, 3.05) is 19.0 Å². The van der Waals surface area contributed by atoms with Gasteiger partial charge in [-0.1, -0.05) is 53.5 Å². The fourth-order valence-electron chi connectivity index (χ4n) is 5.07. The molecule has 10 nitrogen and oxygen atoms in total. The Balaban J connectivity index is 1.46. The van der Waals surface area contributed by atoms with Crippen molar-refractivity contribution in [1.29, 1.82) is 0 Å². The lowest BCUT2D eigenvalue weighted by Crippen LogP contribution is -2.40. The molecule has 3 N–H and O–H groups in total. The number of carbonyl (C=O) groups is 2. The fraction of sp³-hybridized carbons (Fsp3) is 0.226. The standard InChI is InChI=1S/C31H28Cl2FN5O5/c1-38-15-22(30(42)39(2)31(38)43)29(41)37-24-9-5-8-20(28(24)33)19-7-4-6-18(27(19)32)16-10-23(34)21(25(11-16)44-3)14-35-17-12-26(40)36-13-17/h4-11,15,17,35H,12-14H2,1-3H3,(H,36,40)(H,37,41)/t17-/m1/s1. The summed E-state index contributed by atoms with van der Waals surface area (Å²) < 4.78 is 22.9. The third-order valence-electron chi connectivity index (χ3n) is 7.46. The smallest absolute Gasteiger partial charge is 0.330 e. The number of anilines is 1. The summed E-state index contributed by atoms with van der Waals surface area (Å²) in [6.45, 7) is 0.643. The maximum Gasteiger partial charge on any atom is 0.330 e. The summed E-state index contributed by atoms with van der Waals surface area (Å²) in [5.41, 5.74) is 0.985. The van der Waals surface area contributed by atoms with Crippen LogP contribution in [0.15, 0.2) is 64.3 Å². The molecule has 0 spiro atoms. The molecule has 13 heteroatoms. The Bertz CT molecular complexity index is 1920. The van der Waals surface area contributed by atoms with Gasteiger partial charge in [0.05, 0.1) is 22.8 Å². The van der Waals surface area contributed by atoms with Crippen molar-refractivity contribution < 1.29 is 18.7 Å². The van der Waals surface area contributed by atoms with E-state index in [2.05, 4.69) is 16.0 Å². The molecular formula is C31H28Cl2FN5O5. The molecule has 0 saturated carbocycles. The van der Waals surface area contributed by atoms with Crippen molar-refractivity contribution in [1.82, 2.24) is 19.8 Å². The van der Waals surface area contributed by atoms with Gasteiger partial charge in [-0.15, -0.1) is 0 Å². The van der Waals surface area contributed by atoms with Crippen molar-refractivity contribution in [3.63, 3.8) is 0 Å². The molecule has 1 fully saturated rings. The van der Waals surface area contributed by atoms with Gasteiger partial charge in [-0.3, -0.25) is 19.0 Å². The number of nitrogens with one attached hydrogen (secondary N) is 3. The maximum atomic E-state index is 15.4. The zero-order valence-corrected chi connectivity index (χ0v) is 25.5. The lowest BCUT2D eigenvalue weighted by Gasteiger charge is -2.17. The van der Waals surface area contributed by atoms with Gasteiger partial charge in [0.1, 0.15) is 17.1 Å². The molecule has 3 aromatic carbocycles. The highest BCUT2D eigenvalue weighted by Gasteiger charge is 2.23. The minimum absolute atomic E-state index is 0.0529. The number of amides is 2. The molecule has 0 radical (unpaired) electrons. The van der Waals surface area contributed by atoms with Crippen LogP contribution in [0.5, 0.6) is 5.75 Å². The Kier molecular flexibility index (Phi) is 8.91. The van der Waals surface area contributed by atoms with E-state index in [1.165, 1.54) is 33.5 Å². The fourth-order valence-corrected chi connectivity index (χ4v) is 5.68. The molecule has 0 unspecified atom stereocenters. The molecule has 0 bridgehead atoms. The number of nitrogens with zero attached hydrogens (tertiary/aromatic N) is 2. The van der Waals surface area contributed by atoms with Gasteiger partial charge in [-0.2, -0.15) is 0 Å². The van der Waals surface area contributed by atoms with Gasteiger partial charge >= 0.3 is 5.69 Å². The van der Waals surface area contributed by atoms with E-state index in [0.29, 0.717) is 46.5 Å². The van der Waals surface area contributed by atoms with Gasteiger partial charge < -0.3 is 25.3 Å². The van der Waals surface area contributed by atoms with Crippen molar-refractivity contribution >= 4 is 40.7 Å². The van der Waals surface area contributed by atoms with Crippen LogP contribution in [0.1, 0.15) is 22.3 Å². The molecule has 1 aliphatic rings. The number of hydrogen-bond acceptors (Lipinski definition) is 6. The molecule has 44 heavy (non-hydrogen) atoms. The summed E-state index contributed by atoms with van der Waals surface area (Å²) in [5, 5.41) is 9.01. The number of aromatic nitrogens is 2. The van der Waals surface area contributed by atoms with E-state index >= 15 is 4.39 Å². The van der Waals surface area contributed by atoms with Gasteiger partial charge in [-0.05, 0) is 23.8 Å². The van der Waals surface area contributed by atoms with Crippen molar-refractivity contribution in [3.8, 4) is 28.0 Å². The summed E-state index contributed by atoms with van der Waals surface area (Å²) in [4.78, 5) is 49.1. The summed E-state index contributed by atoms with van der Waals surface area (Å²) in [6, 6.07) is 13.1. The monoisotopic (exact) mass is 639 g/mol. The third-order valence-corrected chi connectivity index (χ3v) is 8.27. The SMILES string of the molecule is COc1cc(-c2cccc(-c3cccc(NC(=O)c4cn(C)c(=O)n(C)c4=O)c3Cl)c2Cl)cc(F)c1CN[C@H]1CNC(=O)C1. The molecule has 1 aliphatic heterocycles. The maximum absolute atomic E-state index is 15.4. The predicted octanol–water partition coefficient (Wildman–Crippen LogP) is 4.10. The number of carbonyl (C=O) groups excluding carboxylic acids is 2. The molecule has 2 heterocycles. The second-order valence-corrected chi connectivity index (χ2v) is 11.1. The minimum Gasteiger partial charge on any atom is -0.496 e. The molecule has 2 amide bonds. The lowest BCUT2D eigenvalue weighted by atomic mass is 9.97. The van der Waals surface area contributed by atoms with Gasteiger partial charge in [0, 0.05) is 68.1 Å². The van der Waals surface area contributed by atoms with E-state index in [1.54, 1.807) is 42.5 Å². The van der Waals surface area contributed by atoms with Crippen LogP contribution in [-0.2, 0) is 25.4 Å². The molecule has 1 saturated heterocycles. The van der Waals surface area contributed by atoms with Gasteiger partial charge in [0.2, 0.25) is 5.91 Å². The van der Waals surface area contributed by atoms with E-state index in [1.807, 2.05) is 0 Å². The molecule has 1 atom stereocenters. The predicted molar refractivity (Wildman–Crippen MR) is 167 cm³/mol. The van der Waals surface area contributed by atoms with E-state index < -0.39 is 23.0 Å². The Hall–Kier alpha value is -4.45. The summed E-state index contributed by atoms with van der Waals surface area (Å²) in [6.07, 6.45) is 1.49. The molecule has 0 aliphatic carbocycles. The van der Waals surface area contributed by atoms with Crippen molar-refractivity contribution in [2.45, 2.75) is 19.0 Å². The second kappa shape index (κ2) is 12.7. The van der Waals surface area contributed by atoms with Gasteiger partial charge in [0.15, 0.2) is 0 Å². The average Bonchev–Trinajstić information content (AvgIpc) is 3.43. The molecule has 1 aromatic heterocycles. The first-order valence-electron chi connectivity index (χ1n) is 13.5. The minimum atomic E-state index is -0.747. The zero-order chi connectivity index (χ0) is 31.7. The quantitative estimate of drug-likeness (QED) is 0.267. The normalized spacial score (nSPS) is 14.4. The van der Waals surface area contributed by atoms with E-state index in [0.717, 1.165) is 9.13 Å². The van der Waals surface area contributed by atoms with Gasteiger partial charge in [0.25, 0.3) is 11.5 Å². The lowest BCUT2D eigenvalue weighted by molar-refractivity contribution is -0.119. The van der Waals surface area contributed by atoms with Crippen molar-refractivity contribution in [2.24, 2.45) is 14.1 Å². The number of aryl methyl sites for hydroxylation is 1. The Labute approximate surface area is 261 Å². The van der Waals surface area contributed by atoms with Gasteiger partial charge in [-0.25, -0.2) is 9.18 Å². The Morgan fingerprint density at radius 1 is 1.05 bits per heavy atom. The van der Waals surface area contributed by atoms with Crippen LogP contribution in [0.25, 0.3) is 22.3 Å². The van der Waals surface area contributed by atoms with Crippen molar-refractivity contribution in [3.05, 3.63) is 103 Å². The number of rotatable bonds is 8. The number of benzene rings is 3. The average molecular weight is 640 g/mol. The second-order valence-electron chi connectivity index (χ2n) is 10.3. The largest absolute Gasteiger partial charge is 0.496 e. The highest BCUT2D eigenvalue weighted by atomic mass is 35.5. The summed E-state index contributed by atoms with van der Waals surface area (Å²) >= 11 is 13.6. The highest BCUT2D eigenvalue weighted by Crippen LogP contribution is 2.42. The first kappa shape index (κ1) is 31.0. The van der Waals surface area contributed by atoms with Crippen LogP contribution in [0.2, 0.25) is 10.0 Å². The molecule has 5 rings (SSSR count). The summed E-state index contributed by atoms with van der Waals surface area (Å²) in [7, 11) is 4.17. The Morgan fingerprint density at radius 2 is 1.73 bits per heavy atom. The van der Waals surface area contributed by atoms with Crippen LogP contribution in [0.3, 0.4) is 0 Å². The topological polar surface area (TPSA) is 123 Å². The van der Waals surface area contributed by atoms with Crippen LogP contribution < -0.4 is 31.9 Å². The molecule has 4 aromatic rings. The first-order valence-corrected chi connectivity index (χ1v) is 14.3. The molecule has 228 valence electrons. The number of ether oxygens (including phenoxy) is 1. The van der Waals surface area contributed by atoms with E-state index in [4.69, 9.17) is 27.9 Å². The van der Waals surface area contributed by atoms with Crippen LogP contribution in [-0.4, -0.2) is 40.6 Å². The van der Waals surface area contributed by atoms with Crippen LogP contribution >= 0.6 is 23.2 Å². The zero-order valence-electron chi connectivity index (χ0n) is 24.0. The first-order chi connectivity index (χ1) is 21.0. The number of hydrogen-bond donors (Lipinski definition) is 3. The number of halogens is 3. The number of methoxy groups -OCH3 is 1. The third kappa shape index (κ3) is 5.99. The highest BCUT2D eigenvalue weighted by molar-refractivity contribution is 6.39. The Morgan fingerprint density at radius 3 is 2.41 bits per heavy atom. The van der Waals surface area contributed by atoms with Crippen LogP contribution in [0, 0.1) is 5.82 Å². The molecular weight excluding hydrogens is 612 g/mol. The van der Waals surface area contributed by atoms with E-state index in [-0.39, 0.29) is 39.8 Å². The van der Waals surface area contributed by atoms with Crippen LogP contribution in [0.4, 0.5) is 10.1 Å². The van der Waals surface area contributed by atoms with E-state index in [9.17, 15) is 19.2 Å².